The van der Waals surface area contributed by atoms with Crippen LogP contribution >= 0.6 is 23.3 Å². The first-order chi connectivity index (χ1) is 7.18. The summed E-state index contributed by atoms with van der Waals surface area (Å²) in [6.07, 6.45) is 0. The third kappa shape index (κ3) is 2.08. The first-order valence-corrected chi connectivity index (χ1v) is 5.20. The van der Waals surface area contributed by atoms with E-state index in [0.29, 0.717) is 5.56 Å². The quantitative estimate of drug-likeness (QED) is 0.812. The molecular formula is C9H6ClFN2OS. The molecule has 1 aromatic carbocycles. The van der Waals surface area contributed by atoms with Crippen molar-refractivity contribution in [3.63, 3.8) is 0 Å². The highest BCUT2D eigenvalue weighted by Crippen LogP contribution is 2.29. The Bertz CT molecular complexity index is 489. The van der Waals surface area contributed by atoms with Crippen LogP contribution < -0.4 is 4.74 Å². The Morgan fingerprint density at radius 2 is 2.20 bits per heavy atom. The van der Waals surface area contributed by atoms with Crippen molar-refractivity contribution in [1.82, 2.24) is 8.75 Å². The summed E-state index contributed by atoms with van der Waals surface area (Å²) in [5, 5.41) is 0.140. The second-order valence-electron chi connectivity index (χ2n) is 2.85. The fraction of sp³-hybridized carbons (Fsp3) is 0.111. The van der Waals surface area contributed by atoms with E-state index in [1.165, 1.54) is 6.07 Å². The van der Waals surface area contributed by atoms with Crippen LogP contribution in [0.15, 0.2) is 18.2 Å². The summed E-state index contributed by atoms with van der Waals surface area (Å²) in [7, 11) is 0. The van der Waals surface area contributed by atoms with Crippen molar-refractivity contribution in [2.75, 3.05) is 0 Å². The third-order valence-electron chi connectivity index (χ3n) is 1.78. The van der Waals surface area contributed by atoms with Gasteiger partial charge in [0.2, 0.25) is 5.15 Å². The molecule has 0 unspecified atom stereocenters. The minimum Gasteiger partial charge on any atom is -0.433 e. The van der Waals surface area contributed by atoms with Gasteiger partial charge in [0.1, 0.15) is 0 Å². The minimum atomic E-state index is -0.415. The molecule has 0 saturated heterocycles. The summed E-state index contributed by atoms with van der Waals surface area (Å²) in [5.41, 5.74) is 0.506. The Hall–Kier alpha value is -1.20. The molecule has 0 aliphatic rings. The summed E-state index contributed by atoms with van der Waals surface area (Å²) < 4.78 is 26.2. The van der Waals surface area contributed by atoms with Gasteiger partial charge >= 0.3 is 0 Å². The zero-order valence-corrected chi connectivity index (χ0v) is 9.27. The Balaban J connectivity index is 2.33. The van der Waals surface area contributed by atoms with Crippen molar-refractivity contribution in [2.45, 2.75) is 6.92 Å². The molecule has 0 aliphatic carbocycles. The van der Waals surface area contributed by atoms with Gasteiger partial charge in [-0.1, -0.05) is 23.7 Å². The maximum absolute atomic E-state index is 13.5. The van der Waals surface area contributed by atoms with Gasteiger partial charge in [-0.2, -0.15) is 4.37 Å². The molecule has 1 heterocycles. The van der Waals surface area contributed by atoms with Crippen molar-refractivity contribution in [1.29, 1.82) is 0 Å². The fourth-order valence-corrected chi connectivity index (χ4v) is 1.65. The van der Waals surface area contributed by atoms with Gasteiger partial charge in [-0.15, -0.1) is 4.37 Å². The van der Waals surface area contributed by atoms with Crippen LogP contribution in [0.1, 0.15) is 5.56 Å². The molecule has 0 spiro atoms. The van der Waals surface area contributed by atoms with Gasteiger partial charge in [0.15, 0.2) is 11.6 Å². The van der Waals surface area contributed by atoms with Gasteiger partial charge in [0.05, 0.1) is 11.7 Å². The monoisotopic (exact) mass is 244 g/mol. The fourth-order valence-electron chi connectivity index (χ4n) is 1.03. The van der Waals surface area contributed by atoms with E-state index in [1.807, 2.05) is 0 Å². The van der Waals surface area contributed by atoms with E-state index < -0.39 is 5.82 Å². The summed E-state index contributed by atoms with van der Waals surface area (Å²) in [6, 6.07) is 4.86. The SMILES string of the molecule is Cc1cccc(Oc2nsnc2Cl)c1F. The number of aryl methyl sites for hydroxylation is 1. The van der Waals surface area contributed by atoms with E-state index in [-0.39, 0.29) is 16.8 Å². The topological polar surface area (TPSA) is 35.0 Å². The number of aromatic nitrogens is 2. The highest BCUT2D eigenvalue weighted by Gasteiger charge is 2.12. The maximum atomic E-state index is 13.5. The number of hydrogen-bond donors (Lipinski definition) is 0. The Labute approximate surface area is 94.8 Å². The molecule has 0 aliphatic heterocycles. The highest BCUT2D eigenvalue weighted by atomic mass is 35.5. The first kappa shape index (κ1) is 10.3. The van der Waals surface area contributed by atoms with E-state index in [4.69, 9.17) is 16.3 Å². The van der Waals surface area contributed by atoms with E-state index in [2.05, 4.69) is 8.75 Å². The molecule has 0 atom stereocenters. The number of rotatable bonds is 2. The Kier molecular flexibility index (Phi) is 2.83. The van der Waals surface area contributed by atoms with E-state index >= 15 is 0 Å². The van der Waals surface area contributed by atoms with Crippen molar-refractivity contribution in [2.24, 2.45) is 0 Å². The van der Waals surface area contributed by atoms with Crippen LogP contribution in [0.25, 0.3) is 0 Å². The van der Waals surface area contributed by atoms with Crippen molar-refractivity contribution in [3.8, 4) is 11.6 Å². The predicted molar refractivity (Wildman–Crippen MR) is 56.1 cm³/mol. The molecule has 15 heavy (non-hydrogen) atoms. The smallest absolute Gasteiger partial charge is 0.271 e. The van der Waals surface area contributed by atoms with Crippen molar-refractivity contribution in [3.05, 3.63) is 34.7 Å². The van der Waals surface area contributed by atoms with Crippen LogP contribution in [0.5, 0.6) is 11.6 Å². The zero-order chi connectivity index (χ0) is 10.8. The first-order valence-electron chi connectivity index (χ1n) is 4.09. The standard InChI is InChI=1S/C9H6ClFN2OS/c1-5-3-2-4-6(7(5)11)14-9-8(10)12-15-13-9/h2-4H,1H3. The summed E-state index contributed by atoms with van der Waals surface area (Å²) >= 11 is 6.59. The molecule has 0 N–H and O–H groups in total. The molecule has 2 aromatic rings. The number of nitrogens with zero attached hydrogens (tertiary/aromatic N) is 2. The largest absolute Gasteiger partial charge is 0.433 e. The zero-order valence-electron chi connectivity index (χ0n) is 7.70. The molecule has 0 bridgehead atoms. The van der Waals surface area contributed by atoms with Crippen LogP contribution in [-0.2, 0) is 0 Å². The third-order valence-corrected chi connectivity index (χ3v) is 2.64. The van der Waals surface area contributed by atoms with Gasteiger partial charge in [-0.3, -0.25) is 0 Å². The van der Waals surface area contributed by atoms with Crippen molar-refractivity contribution >= 4 is 23.3 Å². The number of hydrogen-bond acceptors (Lipinski definition) is 4. The number of benzene rings is 1. The van der Waals surface area contributed by atoms with Crippen LogP contribution in [0.4, 0.5) is 4.39 Å². The van der Waals surface area contributed by atoms with E-state index in [1.54, 1.807) is 19.1 Å². The van der Waals surface area contributed by atoms with Gasteiger partial charge in [-0.25, -0.2) is 4.39 Å². The molecule has 0 fully saturated rings. The van der Waals surface area contributed by atoms with Gasteiger partial charge in [0, 0.05) is 0 Å². The lowest BCUT2D eigenvalue weighted by atomic mass is 10.2. The van der Waals surface area contributed by atoms with Gasteiger partial charge in [-0.05, 0) is 18.6 Å². The average Bonchev–Trinajstić information content (AvgIpc) is 2.60. The minimum absolute atomic E-state index is 0.101. The Morgan fingerprint density at radius 1 is 1.40 bits per heavy atom. The molecule has 6 heteroatoms. The number of ether oxygens (including phenoxy) is 1. The molecule has 1 aromatic heterocycles. The lowest BCUT2D eigenvalue weighted by Gasteiger charge is -2.04. The summed E-state index contributed by atoms with van der Waals surface area (Å²) in [4.78, 5) is 0. The van der Waals surface area contributed by atoms with Crippen LogP contribution in [0.2, 0.25) is 5.15 Å². The van der Waals surface area contributed by atoms with Crippen LogP contribution in [-0.4, -0.2) is 8.75 Å². The average molecular weight is 245 g/mol. The normalized spacial score (nSPS) is 10.3. The molecule has 0 saturated carbocycles. The molecule has 0 amide bonds. The molecule has 2 rings (SSSR count). The maximum Gasteiger partial charge on any atom is 0.271 e. The second kappa shape index (κ2) is 4.12. The summed E-state index contributed by atoms with van der Waals surface area (Å²) in [5.74, 6) is -0.183. The van der Waals surface area contributed by atoms with E-state index in [9.17, 15) is 4.39 Å². The molecule has 0 radical (unpaired) electrons. The van der Waals surface area contributed by atoms with E-state index in [0.717, 1.165) is 11.7 Å². The van der Waals surface area contributed by atoms with Crippen LogP contribution in [0, 0.1) is 12.7 Å². The molecular weight excluding hydrogens is 239 g/mol. The second-order valence-corrected chi connectivity index (χ2v) is 3.74. The van der Waals surface area contributed by atoms with Gasteiger partial charge < -0.3 is 4.74 Å². The summed E-state index contributed by atoms with van der Waals surface area (Å²) in [6.45, 7) is 1.66. The lowest BCUT2D eigenvalue weighted by Crippen LogP contribution is -1.91. The molecule has 78 valence electrons. The number of halogens is 2. The van der Waals surface area contributed by atoms with Crippen LogP contribution in [0.3, 0.4) is 0 Å². The Morgan fingerprint density at radius 3 is 2.87 bits per heavy atom. The van der Waals surface area contributed by atoms with Crippen molar-refractivity contribution < 1.29 is 9.13 Å². The molecule has 3 nitrogen and oxygen atoms in total. The lowest BCUT2D eigenvalue weighted by molar-refractivity contribution is 0.429. The van der Waals surface area contributed by atoms with Gasteiger partial charge in [0.25, 0.3) is 5.88 Å². The highest BCUT2D eigenvalue weighted by molar-refractivity contribution is 6.99. The predicted octanol–water partition coefficient (Wildman–Crippen LogP) is 3.43.